The van der Waals surface area contributed by atoms with Gasteiger partial charge in [-0.3, -0.25) is 4.79 Å². The molecule has 1 saturated carbocycles. The van der Waals surface area contributed by atoms with E-state index in [1.54, 1.807) is 6.20 Å². The fourth-order valence-corrected chi connectivity index (χ4v) is 3.98. The van der Waals surface area contributed by atoms with E-state index in [-0.39, 0.29) is 12.0 Å². The molecule has 0 bridgehead atoms. The Labute approximate surface area is 169 Å². The number of β-amino-alcohol motifs (C(OH)–C–C–N with tert-alkyl or cyclic N) is 1. The number of carbonyl (C=O) groups excluding carboxylic acids is 1. The van der Waals surface area contributed by atoms with Crippen LogP contribution in [0.1, 0.15) is 35.2 Å². The number of aliphatic hydroxyl groups excluding tert-OH is 1. The van der Waals surface area contributed by atoms with Gasteiger partial charge in [0.25, 0.3) is 5.91 Å². The second-order valence-corrected chi connectivity index (χ2v) is 8.14. The molecule has 2 heterocycles. The lowest BCUT2D eigenvalue weighted by Crippen LogP contribution is -2.25. The van der Waals surface area contributed by atoms with Crippen LogP contribution < -0.4 is 10.2 Å². The Kier molecular flexibility index (Phi) is 4.43. The van der Waals surface area contributed by atoms with Crippen molar-refractivity contribution >= 4 is 22.5 Å². The minimum Gasteiger partial charge on any atom is -0.391 e. The van der Waals surface area contributed by atoms with Gasteiger partial charge in [-0.15, -0.1) is 5.10 Å². The van der Waals surface area contributed by atoms with Gasteiger partial charge in [0.2, 0.25) is 0 Å². The topological polar surface area (TPSA) is 78.4 Å². The molecule has 1 aromatic heterocycles. The van der Waals surface area contributed by atoms with E-state index in [1.165, 1.54) is 0 Å². The molecule has 2 fully saturated rings. The zero-order valence-corrected chi connectivity index (χ0v) is 16.4. The van der Waals surface area contributed by atoms with Gasteiger partial charge in [-0.25, -0.2) is 0 Å². The number of nitrogens with one attached hydrogen (secondary N) is 1. The van der Waals surface area contributed by atoms with Gasteiger partial charge in [-0.1, -0.05) is 12.1 Å². The predicted octanol–water partition coefficient (Wildman–Crippen LogP) is 3.07. The molecule has 1 unspecified atom stereocenters. The monoisotopic (exact) mass is 388 g/mol. The Morgan fingerprint density at radius 2 is 2.03 bits per heavy atom. The molecule has 0 radical (unpaired) electrons. The zero-order chi connectivity index (χ0) is 20.0. The predicted molar refractivity (Wildman–Crippen MR) is 113 cm³/mol. The summed E-state index contributed by atoms with van der Waals surface area (Å²) < 4.78 is 0. The first-order valence-electron chi connectivity index (χ1n) is 10.2. The minimum atomic E-state index is -0.307. The molecule has 2 N–H and O–H groups in total. The SMILES string of the molecule is Cc1ccc(C(=O)NC2CC2)cc1-c1ccc2c(N3CCC(O)C3)nncc2c1. The summed E-state index contributed by atoms with van der Waals surface area (Å²) in [6.45, 7) is 3.44. The number of aryl methyl sites for hydroxylation is 1. The number of amides is 1. The van der Waals surface area contributed by atoms with Crippen LogP contribution in [0.3, 0.4) is 0 Å². The van der Waals surface area contributed by atoms with Gasteiger partial charge in [0.05, 0.1) is 12.3 Å². The maximum atomic E-state index is 12.5. The Hall–Kier alpha value is -2.99. The fourth-order valence-electron chi connectivity index (χ4n) is 3.98. The third kappa shape index (κ3) is 3.56. The Morgan fingerprint density at radius 3 is 2.79 bits per heavy atom. The van der Waals surface area contributed by atoms with Crippen molar-refractivity contribution in [3.8, 4) is 11.1 Å². The number of nitrogens with zero attached hydrogens (tertiary/aromatic N) is 3. The Bertz CT molecular complexity index is 1090. The minimum absolute atomic E-state index is 0.00437. The number of benzene rings is 2. The van der Waals surface area contributed by atoms with E-state index in [1.807, 2.05) is 18.2 Å². The molecule has 1 atom stereocenters. The van der Waals surface area contributed by atoms with Crippen LogP contribution in [-0.2, 0) is 0 Å². The standard InChI is InChI=1S/C23H24N4O2/c1-14-2-3-16(23(29)25-18-5-6-18)11-21(14)15-4-7-20-17(10-15)12-24-26-22(20)27-9-8-19(28)13-27/h2-4,7,10-12,18-19,28H,5-6,8-9,13H2,1H3,(H,25,29). The van der Waals surface area contributed by atoms with E-state index in [0.29, 0.717) is 18.2 Å². The molecule has 2 aromatic carbocycles. The summed E-state index contributed by atoms with van der Waals surface area (Å²) in [5, 5.41) is 23.5. The molecular weight excluding hydrogens is 364 g/mol. The van der Waals surface area contributed by atoms with Crippen molar-refractivity contribution in [1.82, 2.24) is 15.5 Å². The van der Waals surface area contributed by atoms with Crippen LogP contribution in [0.15, 0.2) is 42.6 Å². The van der Waals surface area contributed by atoms with Crippen molar-refractivity contribution in [3.63, 3.8) is 0 Å². The van der Waals surface area contributed by atoms with Gasteiger partial charge in [-0.2, -0.15) is 5.10 Å². The van der Waals surface area contributed by atoms with Gasteiger partial charge in [0, 0.05) is 35.5 Å². The first kappa shape index (κ1) is 18.1. The third-order valence-corrected chi connectivity index (χ3v) is 5.83. The second kappa shape index (κ2) is 7.12. The zero-order valence-electron chi connectivity index (χ0n) is 16.4. The van der Waals surface area contributed by atoms with Crippen LogP contribution in [0.2, 0.25) is 0 Å². The van der Waals surface area contributed by atoms with E-state index in [2.05, 4.69) is 45.5 Å². The molecule has 148 valence electrons. The van der Waals surface area contributed by atoms with Crippen molar-refractivity contribution in [2.75, 3.05) is 18.0 Å². The quantitative estimate of drug-likeness (QED) is 0.718. The summed E-state index contributed by atoms with van der Waals surface area (Å²) >= 11 is 0. The van der Waals surface area contributed by atoms with Gasteiger partial charge < -0.3 is 15.3 Å². The average Bonchev–Trinajstić information content (AvgIpc) is 3.44. The maximum absolute atomic E-state index is 12.5. The van der Waals surface area contributed by atoms with Crippen molar-refractivity contribution in [3.05, 3.63) is 53.7 Å². The highest BCUT2D eigenvalue weighted by atomic mass is 16.3. The molecule has 1 aliphatic carbocycles. The first-order chi connectivity index (χ1) is 14.1. The summed E-state index contributed by atoms with van der Waals surface area (Å²) in [4.78, 5) is 14.6. The molecule has 5 rings (SSSR count). The number of hydrogen-bond donors (Lipinski definition) is 2. The molecule has 1 saturated heterocycles. The lowest BCUT2D eigenvalue weighted by atomic mass is 9.96. The average molecular weight is 388 g/mol. The molecule has 1 aliphatic heterocycles. The third-order valence-electron chi connectivity index (χ3n) is 5.83. The first-order valence-corrected chi connectivity index (χ1v) is 10.2. The number of aliphatic hydroxyl groups is 1. The van der Waals surface area contributed by atoms with Crippen molar-refractivity contribution in [1.29, 1.82) is 0 Å². The number of rotatable bonds is 4. The van der Waals surface area contributed by atoms with E-state index >= 15 is 0 Å². The van der Waals surface area contributed by atoms with Crippen LogP contribution in [0, 0.1) is 6.92 Å². The van der Waals surface area contributed by atoms with E-state index in [0.717, 1.165) is 59.1 Å². The largest absolute Gasteiger partial charge is 0.391 e. The summed E-state index contributed by atoms with van der Waals surface area (Å²) in [7, 11) is 0. The van der Waals surface area contributed by atoms with E-state index in [9.17, 15) is 9.90 Å². The van der Waals surface area contributed by atoms with Crippen LogP contribution in [-0.4, -0.2) is 46.4 Å². The number of carbonyl (C=O) groups is 1. The van der Waals surface area contributed by atoms with E-state index < -0.39 is 0 Å². The van der Waals surface area contributed by atoms with Gasteiger partial charge in [-0.05, 0) is 67.1 Å². The van der Waals surface area contributed by atoms with Crippen LogP contribution in [0.5, 0.6) is 0 Å². The maximum Gasteiger partial charge on any atom is 0.251 e. The van der Waals surface area contributed by atoms with Crippen LogP contribution in [0.25, 0.3) is 21.9 Å². The van der Waals surface area contributed by atoms with Crippen molar-refractivity contribution < 1.29 is 9.90 Å². The highest BCUT2D eigenvalue weighted by molar-refractivity contribution is 5.98. The van der Waals surface area contributed by atoms with Gasteiger partial charge in [0.1, 0.15) is 0 Å². The Balaban J connectivity index is 1.51. The van der Waals surface area contributed by atoms with Crippen molar-refractivity contribution in [2.24, 2.45) is 0 Å². The highest BCUT2D eigenvalue weighted by Gasteiger charge is 2.25. The van der Waals surface area contributed by atoms with Crippen LogP contribution >= 0.6 is 0 Å². The smallest absolute Gasteiger partial charge is 0.251 e. The summed E-state index contributed by atoms with van der Waals surface area (Å²) in [5.41, 5.74) is 3.91. The summed E-state index contributed by atoms with van der Waals surface area (Å²) in [6, 6.07) is 12.4. The van der Waals surface area contributed by atoms with Crippen molar-refractivity contribution in [2.45, 2.75) is 38.3 Å². The van der Waals surface area contributed by atoms with Gasteiger partial charge in [0.15, 0.2) is 5.82 Å². The summed E-state index contributed by atoms with van der Waals surface area (Å²) in [6.07, 6.45) is 4.37. The molecular formula is C23H24N4O2. The van der Waals surface area contributed by atoms with Crippen LogP contribution in [0.4, 0.5) is 5.82 Å². The molecule has 6 nitrogen and oxygen atoms in total. The number of hydrogen-bond acceptors (Lipinski definition) is 5. The van der Waals surface area contributed by atoms with Gasteiger partial charge >= 0.3 is 0 Å². The second-order valence-electron chi connectivity index (χ2n) is 8.14. The molecule has 0 spiro atoms. The molecule has 1 amide bonds. The summed E-state index contributed by atoms with van der Waals surface area (Å²) in [5.74, 6) is 0.815. The molecule has 3 aromatic rings. The lowest BCUT2D eigenvalue weighted by Gasteiger charge is -2.18. The molecule has 2 aliphatic rings. The molecule has 29 heavy (non-hydrogen) atoms. The number of fused-ring (bicyclic) bond motifs is 1. The fraction of sp³-hybridized carbons (Fsp3) is 0.348. The number of anilines is 1. The molecule has 6 heteroatoms. The lowest BCUT2D eigenvalue weighted by molar-refractivity contribution is 0.0951. The highest BCUT2D eigenvalue weighted by Crippen LogP contribution is 2.32. The Morgan fingerprint density at radius 1 is 1.17 bits per heavy atom. The number of aromatic nitrogens is 2. The van der Waals surface area contributed by atoms with E-state index in [4.69, 9.17) is 0 Å². The normalized spacial score (nSPS) is 19.0.